The summed E-state index contributed by atoms with van der Waals surface area (Å²) in [6.07, 6.45) is 3.40. The summed E-state index contributed by atoms with van der Waals surface area (Å²) < 4.78 is 1.98. The Bertz CT molecular complexity index is 812. The second-order valence-corrected chi connectivity index (χ2v) is 6.56. The van der Waals surface area contributed by atoms with Crippen LogP contribution in [0.4, 0.5) is 0 Å². The monoisotopic (exact) mass is 341 g/mol. The van der Waals surface area contributed by atoms with E-state index in [4.69, 9.17) is 0 Å². The minimum absolute atomic E-state index is 0.172. The molecule has 0 saturated carbocycles. The van der Waals surface area contributed by atoms with Crippen molar-refractivity contribution >= 4 is 23.3 Å². The summed E-state index contributed by atoms with van der Waals surface area (Å²) in [7, 11) is 0. The van der Waals surface area contributed by atoms with Crippen LogP contribution in [0.15, 0.2) is 59.8 Å². The van der Waals surface area contributed by atoms with Crippen LogP contribution in [0.5, 0.6) is 0 Å². The fourth-order valence-electron chi connectivity index (χ4n) is 2.32. The number of aliphatic hydroxyl groups is 1. The van der Waals surface area contributed by atoms with Crippen LogP contribution in [0.1, 0.15) is 23.0 Å². The van der Waals surface area contributed by atoms with Gasteiger partial charge in [0.25, 0.3) is 5.91 Å². The summed E-state index contributed by atoms with van der Waals surface area (Å²) >= 11 is 1.58. The van der Waals surface area contributed by atoms with Crippen LogP contribution >= 0.6 is 11.8 Å². The van der Waals surface area contributed by atoms with Crippen LogP contribution in [0.3, 0.4) is 0 Å². The molecule has 0 fully saturated rings. The van der Waals surface area contributed by atoms with Gasteiger partial charge in [-0.1, -0.05) is 18.2 Å². The fraction of sp³-hybridized carbons (Fsp3) is 0.222. The van der Waals surface area contributed by atoms with Gasteiger partial charge in [-0.05, 0) is 31.2 Å². The molecule has 1 amide bonds. The second-order valence-electron chi connectivity index (χ2n) is 5.54. The van der Waals surface area contributed by atoms with Crippen LogP contribution in [-0.2, 0) is 5.75 Å². The van der Waals surface area contributed by atoms with Crippen LogP contribution < -0.4 is 5.32 Å². The lowest BCUT2D eigenvalue weighted by Gasteiger charge is -2.10. The Morgan fingerprint density at radius 2 is 2.08 bits per heavy atom. The number of aromatic nitrogens is 2. The van der Waals surface area contributed by atoms with Gasteiger partial charge in [0.15, 0.2) is 0 Å². The van der Waals surface area contributed by atoms with Crippen LogP contribution in [-0.4, -0.2) is 33.0 Å². The zero-order valence-corrected chi connectivity index (χ0v) is 14.2. The van der Waals surface area contributed by atoms with Crippen molar-refractivity contribution in [3.05, 3.63) is 66.1 Å². The first-order valence-corrected chi connectivity index (χ1v) is 8.73. The van der Waals surface area contributed by atoms with Crippen molar-refractivity contribution in [1.82, 2.24) is 14.7 Å². The largest absolute Gasteiger partial charge is 0.392 e. The number of thioether (sulfide) groups is 1. The molecule has 6 heteroatoms. The molecule has 0 aliphatic rings. The first-order chi connectivity index (χ1) is 11.6. The van der Waals surface area contributed by atoms with Gasteiger partial charge in [0.2, 0.25) is 0 Å². The van der Waals surface area contributed by atoms with Gasteiger partial charge in [-0.3, -0.25) is 4.79 Å². The van der Waals surface area contributed by atoms with Gasteiger partial charge in [-0.2, -0.15) is 0 Å². The third-order valence-corrected chi connectivity index (χ3v) is 4.59. The van der Waals surface area contributed by atoms with Gasteiger partial charge in [-0.25, -0.2) is 4.98 Å². The molecule has 0 saturated heterocycles. The van der Waals surface area contributed by atoms with Crippen LogP contribution in [0.25, 0.3) is 5.65 Å². The highest BCUT2D eigenvalue weighted by Crippen LogP contribution is 2.26. The summed E-state index contributed by atoms with van der Waals surface area (Å²) in [6.45, 7) is 1.88. The second kappa shape index (κ2) is 7.51. The molecule has 3 rings (SSSR count). The number of fused-ring (bicyclic) bond motifs is 1. The Morgan fingerprint density at radius 3 is 2.88 bits per heavy atom. The van der Waals surface area contributed by atoms with Gasteiger partial charge in [0, 0.05) is 29.6 Å². The standard InChI is InChI=1S/C18H19N3O2S/c1-13(22)10-19-18(23)15-6-2-3-7-16(15)24-12-14-11-21-9-5-4-8-17(21)20-14/h2-9,11,13,22H,10,12H2,1H3,(H,19,23). The average Bonchev–Trinajstić information content (AvgIpc) is 3.01. The van der Waals surface area contributed by atoms with Gasteiger partial charge in [-0.15, -0.1) is 11.8 Å². The number of carbonyl (C=O) groups is 1. The number of imidazole rings is 1. The molecule has 2 aromatic heterocycles. The third kappa shape index (κ3) is 3.96. The zero-order valence-electron chi connectivity index (χ0n) is 13.3. The first-order valence-electron chi connectivity index (χ1n) is 7.74. The maximum atomic E-state index is 12.3. The SMILES string of the molecule is CC(O)CNC(=O)c1ccccc1SCc1cn2ccccc2n1. The van der Waals surface area contributed by atoms with Crippen molar-refractivity contribution in [2.45, 2.75) is 23.7 Å². The Hall–Kier alpha value is -2.31. The number of pyridine rings is 1. The Kier molecular flexibility index (Phi) is 5.17. The van der Waals surface area contributed by atoms with E-state index in [2.05, 4.69) is 10.3 Å². The molecule has 124 valence electrons. The number of nitrogens with zero attached hydrogens (tertiary/aromatic N) is 2. The van der Waals surface area contributed by atoms with Gasteiger partial charge in [0.1, 0.15) is 5.65 Å². The Morgan fingerprint density at radius 1 is 1.29 bits per heavy atom. The van der Waals surface area contributed by atoms with E-state index in [1.807, 2.05) is 53.2 Å². The molecule has 5 nitrogen and oxygen atoms in total. The van der Waals surface area contributed by atoms with Gasteiger partial charge < -0.3 is 14.8 Å². The first kappa shape index (κ1) is 16.5. The Balaban J connectivity index is 1.71. The molecule has 0 bridgehead atoms. The normalized spacial score (nSPS) is 12.2. The molecule has 2 N–H and O–H groups in total. The predicted octanol–water partition coefficient (Wildman–Crippen LogP) is 2.74. The van der Waals surface area contributed by atoms with E-state index in [0.717, 1.165) is 16.2 Å². The summed E-state index contributed by atoms with van der Waals surface area (Å²) in [5.74, 6) is 0.511. The van der Waals surface area contributed by atoms with E-state index in [1.54, 1.807) is 24.8 Å². The molecular formula is C18H19N3O2S. The molecule has 1 aromatic carbocycles. The van der Waals surface area contributed by atoms with Gasteiger partial charge in [0.05, 0.1) is 17.4 Å². The predicted molar refractivity (Wildman–Crippen MR) is 95.2 cm³/mol. The molecule has 0 aliphatic heterocycles. The smallest absolute Gasteiger partial charge is 0.252 e. The highest BCUT2D eigenvalue weighted by molar-refractivity contribution is 7.98. The van der Waals surface area contributed by atoms with Crippen molar-refractivity contribution in [2.24, 2.45) is 0 Å². The molecule has 2 heterocycles. The molecule has 24 heavy (non-hydrogen) atoms. The van der Waals surface area contributed by atoms with E-state index in [1.165, 1.54) is 0 Å². The highest BCUT2D eigenvalue weighted by Gasteiger charge is 2.12. The van der Waals surface area contributed by atoms with Crippen molar-refractivity contribution in [2.75, 3.05) is 6.54 Å². The number of aliphatic hydroxyl groups excluding tert-OH is 1. The molecule has 0 spiro atoms. The third-order valence-electron chi connectivity index (χ3n) is 3.48. The van der Waals surface area contributed by atoms with E-state index >= 15 is 0 Å². The highest BCUT2D eigenvalue weighted by atomic mass is 32.2. The lowest BCUT2D eigenvalue weighted by atomic mass is 10.2. The van der Waals surface area contributed by atoms with Gasteiger partial charge >= 0.3 is 0 Å². The lowest BCUT2D eigenvalue weighted by Crippen LogP contribution is -2.30. The van der Waals surface area contributed by atoms with Crippen molar-refractivity contribution < 1.29 is 9.90 Å². The van der Waals surface area contributed by atoms with E-state index in [0.29, 0.717) is 11.3 Å². The number of hydrogen-bond donors (Lipinski definition) is 2. The van der Waals surface area contributed by atoms with Crippen LogP contribution in [0, 0.1) is 0 Å². The molecule has 3 aromatic rings. The fourth-order valence-corrected chi connectivity index (χ4v) is 3.26. The molecule has 1 unspecified atom stereocenters. The maximum Gasteiger partial charge on any atom is 0.252 e. The van der Waals surface area contributed by atoms with E-state index < -0.39 is 6.10 Å². The number of carbonyl (C=O) groups excluding carboxylic acids is 1. The molecule has 0 radical (unpaired) electrons. The summed E-state index contributed by atoms with van der Waals surface area (Å²) in [4.78, 5) is 17.7. The quantitative estimate of drug-likeness (QED) is 0.677. The summed E-state index contributed by atoms with van der Waals surface area (Å²) in [6, 6.07) is 13.4. The van der Waals surface area contributed by atoms with Crippen molar-refractivity contribution in [1.29, 1.82) is 0 Å². The maximum absolute atomic E-state index is 12.3. The minimum atomic E-state index is -0.563. The number of rotatable bonds is 6. The lowest BCUT2D eigenvalue weighted by molar-refractivity contribution is 0.0921. The molecule has 1 atom stereocenters. The van der Waals surface area contributed by atoms with E-state index in [-0.39, 0.29) is 12.5 Å². The topological polar surface area (TPSA) is 66.6 Å². The van der Waals surface area contributed by atoms with Crippen molar-refractivity contribution in [3.8, 4) is 0 Å². The number of amides is 1. The molecular weight excluding hydrogens is 322 g/mol. The van der Waals surface area contributed by atoms with Crippen molar-refractivity contribution in [3.63, 3.8) is 0 Å². The molecule has 0 aliphatic carbocycles. The number of nitrogens with one attached hydrogen (secondary N) is 1. The number of benzene rings is 1. The summed E-state index contributed by atoms with van der Waals surface area (Å²) in [5, 5.41) is 12.0. The van der Waals surface area contributed by atoms with E-state index in [9.17, 15) is 9.90 Å². The summed E-state index contributed by atoms with van der Waals surface area (Å²) in [5.41, 5.74) is 2.49. The minimum Gasteiger partial charge on any atom is -0.392 e. The Labute approximate surface area is 144 Å². The number of hydrogen-bond acceptors (Lipinski definition) is 4. The van der Waals surface area contributed by atoms with Crippen LogP contribution in [0.2, 0.25) is 0 Å². The zero-order chi connectivity index (χ0) is 16.9. The average molecular weight is 341 g/mol.